The number of alkyl halides is 3. The molecule has 0 fully saturated rings. The van der Waals surface area contributed by atoms with Gasteiger partial charge in [-0.1, -0.05) is 57.9 Å². The number of benzene rings is 3. The maximum Gasteiger partial charge on any atom is 0.417 e. The van der Waals surface area contributed by atoms with Gasteiger partial charge in [0, 0.05) is 16.6 Å². The van der Waals surface area contributed by atoms with E-state index in [1.54, 1.807) is 51.1 Å². The van der Waals surface area contributed by atoms with Crippen LogP contribution in [0.4, 0.5) is 18.9 Å². The standard InChI is InChI=1S/C29H30BrClF3N3O4S/c1-19(27(39)35-28(2,3)4)36(17-20-10-12-21(30)13-11-20)26(38)18-37(42(40,41)23-8-6-5-7-9-23)22-14-15-25(31)24(16-22)29(32,33)34/h5-16,19H,17-18H2,1-4H3,(H,35,39)/t19-/m1/s1. The van der Waals surface area contributed by atoms with Crippen LogP contribution in [0.2, 0.25) is 5.02 Å². The van der Waals surface area contributed by atoms with Gasteiger partial charge in [-0.3, -0.25) is 13.9 Å². The second-order valence-electron chi connectivity index (χ2n) is 10.5. The van der Waals surface area contributed by atoms with Gasteiger partial charge in [0.05, 0.1) is 21.2 Å². The summed E-state index contributed by atoms with van der Waals surface area (Å²) in [4.78, 5) is 28.0. The molecule has 3 rings (SSSR count). The molecule has 0 aliphatic heterocycles. The Labute approximate surface area is 256 Å². The van der Waals surface area contributed by atoms with Crippen LogP contribution in [0.3, 0.4) is 0 Å². The van der Waals surface area contributed by atoms with Crippen LogP contribution in [0.1, 0.15) is 38.8 Å². The Kier molecular flexibility index (Phi) is 10.4. The summed E-state index contributed by atoms with van der Waals surface area (Å²) < 4.78 is 70.1. The van der Waals surface area contributed by atoms with Crippen molar-refractivity contribution >= 4 is 55.1 Å². The van der Waals surface area contributed by atoms with E-state index in [4.69, 9.17) is 11.6 Å². The Bertz CT molecular complexity index is 1530. The summed E-state index contributed by atoms with van der Waals surface area (Å²) >= 11 is 9.14. The molecular formula is C29H30BrClF3N3O4S. The summed E-state index contributed by atoms with van der Waals surface area (Å²) in [5.74, 6) is -1.30. The highest BCUT2D eigenvalue weighted by atomic mass is 79.9. The zero-order valence-corrected chi connectivity index (χ0v) is 26.4. The van der Waals surface area contributed by atoms with Crippen molar-refractivity contribution in [1.29, 1.82) is 0 Å². The zero-order chi connectivity index (χ0) is 31.5. The van der Waals surface area contributed by atoms with E-state index in [1.807, 2.05) is 0 Å². The van der Waals surface area contributed by atoms with Gasteiger partial charge in [-0.25, -0.2) is 8.42 Å². The average Bonchev–Trinajstić information content (AvgIpc) is 2.90. The molecule has 1 atom stereocenters. The van der Waals surface area contributed by atoms with Crippen molar-refractivity contribution in [3.63, 3.8) is 0 Å². The fourth-order valence-electron chi connectivity index (χ4n) is 3.98. The minimum atomic E-state index is -4.88. The molecular weight excluding hydrogens is 659 g/mol. The molecule has 0 unspecified atom stereocenters. The van der Waals surface area contributed by atoms with E-state index in [2.05, 4.69) is 21.2 Å². The van der Waals surface area contributed by atoms with E-state index in [9.17, 15) is 31.2 Å². The number of anilines is 1. The number of halogens is 5. The molecule has 0 aliphatic rings. The molecule has 42 heavy (non-hydrogen) atoms. The van der Waals surface area contributed by atoms with E-state index in [0.29, 0.717) is 15.9 Å². The third-order valence-corrected chi connectivity index (χ3v) is 8.73. The van der Waals surface area contributed by atoms with Crippen molar-refractivity contribution in [2.75, 3.05) is 10.8 Å². The molecule has 226 valence electrons. The lowest BCUT2D eigenvalue weighted by Crippen LogP contribution is -2.54. The van der Waals surface area contributed by atoms with Crippen molar-refractivity contribution in [3.8, 4) is 0 Å². The second-order valence-corrected chi connectivity index (χ2v) is 13.7. The topological polar surface area (TPSA) is 86.8 Å². The van der Waals surface area contributed by atoms with Gasteiger partial charge in [-0.05, 0) is 75.7 Å². The van der Waals surface area contributed by atoms with Crippen LogP contribution < -0.4 is 9.62 Å². The third-order valence-electron chi connectivity index (χ3n) is 6.09. The summed E-state index contributed by atoms with van der Waals surface area (Å²) in [6, 6.07) is 15.5. The predicted molar refractivity (Wildman–Crippen MR) is 159 cm³/mol. The van der Waals surface area contributed by atoms with E-state index in [-0.39, 0.29) is 11.4 Å². The Morgan fingerprint density at radius 2 is 1.57 bits per heavy atom. The Morgan fingerprint density at radius 3 is 2.12 bits per heavy atom. The minimum absolute atomic E-state index is 0.0709. The predicted octanol–water partition coefficient (Wildman–Crippen LogP) is 6.65. The number of carbonyl (C=O) groups excluding carboxylic acids is 2. The van der Waals surface area contributed by atoms with Crippen LogP contribution >= 0.6 is 27.5 Å². The van der Waals surface area contributed by atoms with Crippen molar-refractivity contribution in [1.82, 2.24) is 10.2 Å². The first kappa shape index (κ1) is 33.4. The lowest BCUT2D eigenvalue weighted by atomic mass is 10.1. The SMILES string of the molecule is C[C@H](C(=O)NC(C)(C)C)N(Cc1ccc(Br)cc1)C(=O)CN(c1ccc(Cl)c(C(F)(F)F)c1)S(=O)(=O)c1ccccc1. The van der Waals surface area contributed by atoms with Crippen molar-refractivity contribution in [3.05, 3.63) is 93.4 Å². The monoisotopic (exact) mass is 687 g/mol. The molecule has 0 aromatic heterocycles. The van der Waals surface area contributed by atoms with Gasteiger partial charge in [0.1, 0.15) is 12.6 Å². The fourth-order valence-corrected chi connectivity index (χ4v) is 5.89. The maximum absolute atomic E-state index is 13.9. The molecule has 0 spiro atoms. The first-order valence-electron chi connectivity index (χ1n) is 12.7. The number of sulfonamides is 1. The molecule has 0 radical (unpaired) electrons. The number of nitrogens with zero attached hydrogens (tertiary/aromatic N) is 2. The third kappa shape index (κ3) is 8.48. The molecule has 3 aromatic rings. The molecule has 1 N–H and O–H groups in total. The molecule has 2 amide bonds. The van der Waals surface area contributed by atoms with Gasteiger partial charge in [0.15, 0.2) is 0 Å². The zero-order valence-electron chi connectivity index (χ0n) is 23.2. The summed E-state index contributed by atoms with van der Waals surface area (Å²) in [7, 11) is -4.54. The van der Waals surface area contributed by atoms with E-state index >= 15 is 0 Å². The number of hydrogen-bond donors (Lipinski definition) is 1. The summed E-state index contributed by atoms with van der Waals surface area (Å²) in [6.45, 7) is 5.85. The van der Waals surface area contributed by atoms with Crippen molar-refractivity contribution < 1.29 is 31.2 Å². The Balaban J connectivity index is 2.11. The van der Waals surface area contributed by atoms with Gasteiger partial charge in [0.25, 0.3) is 10.0 Å². The molecule has 3 aromatic carbocycles. The quantitative estimate of drug-likeness (QED) is 0.273. The number of carbonyl (C=O) groups is 2. The van der Waals surface area contributed by atoms with Crippen LogP contribution in [-0.2, 0) is 32.3 Å². The highest BCUT2D eigenvalue weighted by molar-refractivity contribution is 9.10. The molecule has 0 aliphatic carbocycles. The Hall–Kier alpha value is -3.09. The first-order chi connectivity index (χ1) is 19.4. The van der Waals surface area contributed by atoms with Crippen LogP contribution in [0.25, 0.3) is 0 Å². The van der Waals surface area contributed by atoms with Gasteiger partial charge >= 0.3 is 6.18 Å². The average molecular weight is 689 g/mol. The summed E-state index contributed by atoms with van der Waals surface area (Å²) in [5, 5.41) is 2.18. The largest absolute Gasteiger partial charge is 0.417 e. The highest BCUT2D eigenvalue weighted by Crippen LogP contribution is 2.38. The number of amides is 2. The molecule has 0 saturated heterocycles. The van der Waals surface area contributed by atoms with Gasteiger partial charge in [0.2, 0.25) is 11.8 Å². The van der Waals surface area contributed by atoms with Gasteiger partial charge < -0.3 is 10.2 Å². The highest BCUT2D eigenvalue weighted by Gasteiger charge is 2.37. The first-order valence-corrected chi connectivity index (χ1v) is 15.3. The number of hydrogen-bond acceptors (Lipinski definition) is 4. The number of nitrogens with one attached hydrogen (secondary N) is 1. The lowest BCUT2D eigenvalue weighted by molar-refractivity contribution is -0.140. The number of rotatable bonds is 9. The van der Waals surface area contributed by atoms with E-state index in [0.717, 1.165) is 16.6 Å². The van der Waals surface area contributed by atoms with E-state index < -0.39 is 62.4 Å². The maximum atomic E-state index is 13.9. The normalized spacial score (nSPS) is 12.9. The Morgan fingerprint density at radius 1 is 0.976 bits per heavy atom. The smallest absolute Gasteiger partial charge is 0.350 e. The lowest BCUT2D eigenvalue weighted by Gasteiger charge is -2.33. The van der Waals surface area contributed by atoms with Crippen molar-refractivity contribution in [2.24, 2.45) is 0 Å². The van der Waals surface area contributed by atoms with Crippen LogP contribution in [-0.4, -0.2) is 43.3 Å². The summed E-state index contributed by atoms with van der Waals surface area (Å²) in [5.41, 5.74) is -1.66. The molecule has 7 nitrogen and oxygen atoms in total. The minimum Gasteiger partial charge on any atom is -0.350 e. The molecule has 0 bridgehead atoms. The van der Waals surface area contributed by atoms with Crippen LogP contribution in [0, 0.1) is 0 Å². The molecule has 0 heterocycles. The second kappa shape index (κ2) is 13.0. The van der Waals surface area contributed by atoms with Crippen LogP contribution in [0.5, 0.6) is 0 Å². The van der Waals surface area contributed by atoms with Crippen molar-refractivity contribution in [2.45, 2.75) is 56.9 Å². The van der Waals surface area contributed by atoms with E-state index in [1.165, 1.54) is 36.1 Å². The molecule has 13 heteroatoms. The van der Waals surface area contributed by atoms with Gasteiger partial charge in [-0.2, -0.15) is 13.2 Å². The summed E-state index contributed by atoms with van der Waals surface area (Å²) in [6.07, 6.45) is -4.88. The fraction of sp³-hybridized carbons (Fsp3) is 0.310. The van der Waals surface area contributed by atoms with Gasteiger partial charge in [-0.15, -0.1) is 0 Å². The van der Waals surface area contributed by atoms with Crippen LogP contribution in [0.15, 0.2) is 82.2 Å². The molecule has 0 saturated carbocycles.